The third-order valence-corrected chi connectivity index (χ3v) is 4.06. The molecule has 0 radical (unpaired) electrons. The summed E-state index contributed by atoms with van der Waals surface area (Å²) in [6.45, 7) is 1.86. The molecule has 0 spiro atoms. The van der Waals surface area contributed by atoms with Gasteiger partial charge in [-0.3, -0.25) is 4.79 Å². The maximum atomic E-state index is 12.4. The molecule has 0 saturated carbocycles. The molecule has 1 heterocycles. The summed E-state index contributed by atoms with van der Waals surface area (Å²) in [5.74, 6) is -0.690. The number of para-hydroxylation sites is 2. The number of carbonyl (C=O) groups excluding carboxylic acids is 1. The monoisotopic (exact) mass is 337 g/mol. The van der Waals surface area contributed by atoms with Crippen LogP contribution in [-0.4, -0.2) is 32.6 Å². The smallest absolute Gasteiger partial charge is 0.326 e. The van der Waals surface area contributed by atoms with Gasteiger partial charge in [-0.15, -0.1) is 0 Å². The number of aromatic nitrogens is 2. The molecule has 1 atom stereocenters. The number of imidazole rings is 1. The number of hydrogen-bond acceptors (Lipinski definition) is 3. The highest BCUT2D eigenvalue weighted by atomic mass is 16.4. The van der Waals surface area contributed by atoms with E-state index >= 15 is 0 Å². The van der Waals surface area contributed by atoms with Gasteiger partial charge in [0, 0.05) is 6.42 Å². The van der Waals surface area contributed by atoms with Crippen LogP contribution in [0, 0.1) is 6.92 Å². The fraction of sp³-hybridized carbons (Fsp3) is 0.211. The van der Waals surface area contributed by atoms with Crippen LogP contribution >= 0.6 is 0 Å². The van der Waals surface area contributed by atoms with Gasteiger partial charge in [-0.1, -0.05) is 42.5 Å². The summed E-state index contributed by atoms with van der Waals surface area (Å²) in [5.41, 5.74) is 2.52. The Bertz CT molecular complexity index is 903. The van der Waals surface area contributed by atoms with E-state index in [0.29, 0.717) is 5.82 Å². The molecule has 0 fully saturated rings. The van der Waals surface area contributed by atoms with Crippen LogP contribution in [0.25, 0.3) is 11.0 Å². The van der Waals surface area contributed by atoms with Crippen LogP contribution in [0.15, 0.2) is 54.6 Å². The number of nitrogens with zero attached hydrogens (tertiary/aromatic N) is 2. The number of nitrogens with one attached hydrogen (secondary N) is 1. The first kappa shape index (κ1) is 16.7. The first-order valence-corrected chi connectivity index (χ1v) is 8.02. The van der Waals surface area contributed by atoms with E-state index in [1.165, 1.54) is 0 Å². The molecule has 0 saturated heterocycles. The summed E-state index contributed by atoms with van der Waals surface area (Å²) in [6.07, 6.45) is 0.242. The second-order valence-electron chi connectivity index (χ2n) is 5.88. The number of hydrogen-bond donors (Lipinski definition) is 2. The van der Waals surface area contributed by atoms with Gasteiger partial charge in [0.25, 0.3) is 0 Å². The van der Waals surface area contributed by atoms with E-state index in [1.807, 2.05) is 61.5 Å². The first-order valence-electron chi connectivity index (χ1n) is 8.02. The van der Waals surface area contributed by atoms with Gasteiger partial charge in [0.15, 0.2) is 0 Å². The number of carboxylic acids is 1. The van der Waals surface area contributed by atoms with E-state index in [0.717, 1.165) is 16.6 Å². The molecule has 128 valence electrons. The van der Waals surface area contributed by atoms with Crippen molar-refractivity contribution < 1.29 is 14.7 Å². The number of fused-ring (bicyclic) bond motifs is 1. The Hall–Kier alpha value is -3.15. The summed E-state index contributed by atoms with van der Waals surface area (Å²) in [5, 5.41) is 12.0. The Kier molecular flexibility index (Phi) is 4.79. The molecular formula is C19H19N3O3. The molecule has 2 N–H and O–H groups in total. The summed E-state index contributed by atoms with van der Waals surface area (Å²) >= 11 is 0. The third kappa shape index (κ3) is 3.85. The molecule has 0 aliphatic heterocycles. The SMILES string of the molecule is Cc1nc2ccccc2n1CC(=O)N[C@H](Cc1ccccc1)C(=O)O. The quantitative estimate of drug-likeness (QED) is 0.722. The van der Waals surface area contributed by atoms with Crippen molar-refractivity contribution in [1.82, 2.24) is 14.9 Å². The van der Waals surface area contributed by atoms with Gasteiger partial charge in [-0.25, -0.2) is 9.78 Å². The van der Waals surface area contributed by atoms with Gasteiger partial charge in [-0.05, 0) is 24.6 Å². The summed E-state index contributed by atoms with van der Waals surface area (Å²) in [6, 6.07) is 15.8. The largest absolute Gasteiger partial charge is 0.480 e. The molecule has 6 nitrogen and oxygen atoms in total. The van der Waals surface area contributed by atoms with Crippen molar-refractivity contribution in [2.45, 2.75) is 25.9 Å². The summed E-state index contributed by atoms with van der Waals surface area (Å²) < 4.78 is 1.78. The molecule has 1 aromatic heterocycles. The maximum absolute atomic E-state index is 12.4. The van der Waals surface area contributed by atoms with Crippen molar-refractivity contribution >= 4 is 22.9 Å². The van der Waals surface area contributed by atoms with Crippen LogP contribution in [0.3, 0.4) is 0 Å². The third-order valence-electron chi connectivity index (χ3n) is 4.06. The van der Waals surface area contributed by atoms with Gasteiger partial charge in [0.2, 0.25) is 5.91 Å². The van der Waals surface area contributed by atoms with Crippen molar-refractivity contribution in [3.8, 4) is 0 Å². The van der Waals surface area contributed by atoms with Crippen molar-refractivity contribution in [2.75, 3.05) is 0 Å². The number of aryl methyl sites for hydroxylation is 1. The lowest BCUT2D eigenvalue weighted by atomic mass is 10.1. The van der Waals surface area contributed by atoms with Gasteiger partial charge in [-0.2, -0.15) is 0 Å². The van der Waals surface area contributed by atoms with E-state index in [1.54, 1.807) is 4.57 Å². The van der Waals surface area contributed by atoms with E-state index in [9.17, 15) is 14.7 Å². The van der Waals surface area contributed by atoms with E-state index in [4.69, 9.17) is 0 Å². The standard InChI is InChI=1S/C19H19N3O3/c1-13-20-15-9-5-6-10-17(15)22(13)12-18(23)21-16(19(24)25)11-14-7-3-2-4-8-14/h2-10,16H,11-12H2,1H3,(H,21,23)(H,24,25)/t16-/m1/s1. The first-order chi connectivity index (χ1) is 12.0. The number of rotatable bonds is 6. The molecule has 0 aliphatic rings. The van der Waals surface area contributed by atoms with Crippen molar-refractivity contribution in [1.29, 1.82) is 0 Å². The Balaban J connectivity index is 1.73. The van der Waals surface area contributed by atoms with Gasteiger partial charge >= 0.3 is 5.97 Å². The van der Waals surface area contributed by atoms with Crippen LogP contribution in [0.1, 0.15) is 11.4 Å². The maximum Gasteiger partial charge on any atom is 0.326 e. The molecule has 25 heavy (non-hydrogen) atoms. The van der Waals surface area contributed by atoms with Gasteiger partial charge in [0.05, 0.1) is 11.0 Å². The minimum absolute atomic E-state index is 0.0327. The van der Waals surface area contributed by atoms with Gasteiger partial charge in [0.1, 0.15) is 18.4 Å². The molecular weight excluding hydrogens is 318 g/mol. The Morgan fingerprint density at radius 2 is 1.80 bits per heavy atom. The number of amides is 1. The van der Waals surface area contributed by atoms with Gasteiger partial charge < -0.3 is 15.0 Å². The number of benzene rings is 2. The highest BCUT2D eigenvalue weighted by molar-refractivity contribution is 5.85. The lowest BCUT2D eigenvalue weighted by molar-refractivity contribution is -0.141. The average molecular weight is 337 g/mol. The normalized spacial score (nSPS) is 12.0. The Labute approximate surface area is 145 Å². The van der Waals surface area contributed by atoms with Crippen LogP contribution in [0.5, 0.6) is 0 Å². The molecule has 3 aromatic rings. The minimum Gasteiger partial charge on any atom is -0.480 e. The molecule has 0 bridgehead atoms. The zero-order chi connectivity index (χ0) is 17.8. The average Bonchev–Trinajstić information content (AvgIpc) is 2.91. The zero-order valence-corrected chi connectivity index (χ0v) is 13.8. The predicted molar refractivity (Wildman–Crippen MR) is 94.2 cm³/mol. The predicted octanol–water partition coefficient (Wildman–Crippen LogP) is 2.16. The number of carboxylic acid groups (broad SMARTS) is 1. The van der Waals surface area contributed by atoms with Crippen molar-refractivity contribution in [3.05, 3.63) is 66.0 Å². The second-order valence-corrected chi connectivity index (χ2v) is 5.88. The van der Waals surface area contributed by atoms with E-state index in [-0.39, 0.29) is 18.9 Å². The van der Waals surface area contributed by atoms with Crippen molar-refractivity contribution in [2.24, 2.45) is 0 Å². The van der Waals surface area contributed by atoms with E-state index in [2.05, 4.69) is 10.3 Å². The molecule has 2 aromatic carbocycles. The molecule has 3 rings (SSSR count). The lowest BCUT2D eigenvalue weighted by Crippen LogP contribution is -2.43. The highest BCUT2D eigenvalue weighted by Crippen LogP contribution is 2.15. The highest BCUT2D eigenvalue weighted by Gasteiger charge is 2.21. The zero-order valence-electron chi connectivity index (χ0n) is 13.8. The molecule has 1 amide bonds. The second kappa shape index (κ2) is 7.17. The molecule has 0 aliphatic carbocycles. The topological polar surface area (TPSA) is 84.2 Å². The summed E-state index contributed by atoms with van der Waals surface area (Å²) in [7, 11) is 0. The molecule has 6 heteroatoms. The van der Waals surface area contributed by atoms with Crippen molar-refractivity contribution in [3.63, 3.8) is 0 Å². The van der Waals surface area contributed by atoms with Crippen LogP contribution in [-0.2, 0) is 22.6 Å². The minimum atomic E-state index is -1.05. The Morgan fingerprint density at radius 1 is 1.12 bits per heavy atom. The van der Waals surface area contributed by atoms with Crippen LogP contribution in [0.2, 0.25) is 0 Å². The van der Waals surface area contributed by atoms with Crippen LogP contribution in [0.4, 0.5) is 0 Å². The Morgan fingerprint density at radius 3 is 2.52 bits per heavy atom. The number of aliphatic carboxylic acids is 1. The van der Waals surface area contributed by atoms with E-state index < -0.39 is 12.0 Å². The summed E-state index contributed by atoms with van der Waals surface area (Å²) in [4.78, 5) is 28.3. The number of carbonyl (C=O) groups is 2. The fourth-order valence-corrected chi connectivity index (χ4v) is 2.83. The molecule has 0 unspecified atom stereocenters. The lowest BCUT2D eigenvalue weighted by Gasteiger charge is -2.15. The fourth-order valence-electron chi connectivity index (χ4n) is 2.83. The van der Waals surface area contributed by atoms with Crippen LogP contribution < -0.4 is 5.32 Å².